The molecule has 6 heteroatoms. The number of amides is 1. The van der Waals surface area contributed by atoms with Gasteiger partial charge in [0.05, 0.1) is 25.4 Å². The third-order valence-electron chi connectivity index (χ3n) is 16.6. The summed E-state index contributed by atoms with van der Waals surface area (Å²) < 4.78 is 5.46. The van der Waals surface area contributed by atoms with Crippen LogP contribution in [0, 0.1) is 0 Å². The van der Waals surface area contributed by atoms with E-state index in [4.69, 9.17) is 4.74 Å². The number of nitrogens with one attached hydrogen (secondary N) is 1. The van der Waals surface area contributed by atoms with E-state index >= 15 is 0 Å². The third-order valence-corrected chi connectivity index (χ3v) is 16.6. The van der Waals surface area contributed by atoms with E-state index in [0.717, 1.165) is 51.4 Å². The number of rotatable bonds is 67. The van der Waals surface area contributed by atoms with E-state index in [0.29, 0.717) is 19.4 Å². The maximum absolute atomic E-state index is 12.5. The lowest BCUT2D eigenvalue weighted by Gasteiger charge is -2.20. The zero-order valence-electron chi connectivity index (χ0n) is 53.8. The molecule has 0 saturated heterocycles. The zero-order chi connectivity index (χ0) is 57.8. The molecule has 2 unspecified atom stereocenters. The van der Waals surface area contributed by atoms with Gasteiger partial charge in [-0.1, -0.05) is 339 Å². The highest BCUT2D eigenvalue weighted by Gasteiger charge is 2.18. The van der Waals surface area contributed by atoms with Gasteiger partial charge in [-0.25, -0.2) is 0 Å². The fraction of sp³-hybridized carbons (Fsp3) is 0.865. The Labute approximate surface area is 499 Å². The van der Waals surface area contributed by atoms with Crippen LogP contribution in [0.2, 0.25) is 0 Å². The fourth-order valence-corrected chi connectivity index (χ4v) is 11.1. The van der Waals surface area contributed by atoms with Crippen LogP contribution in [0.4, 0.5) is 0 Å². The molecule has 0 rings (SSSR count). The third kappa shape index (κ3) is 65.0. The molecule has 0 aliphatic heterocycles. The van der Waals surface area contributed by atoms with E-state index in [1.165, 1.54) is 308 Å². The van der Waals surface area contributed by atoms with E-state index in [2.05, 4.69) is 55.6 Å². The Morgan fingerprint density at radius 1 is 0.350 bits per heavy atom. The van der Waals surface area contributed by atoms with E-state index in [9.17, 15) is 19.8 Å². The smallest absolute Gasteiger partial charge is 0.305 e. The quantitative estimate of drug-likeness (QED) is 0.0320. The van der Waals surface area contributed by atoms with Crippen molar-refractivity contribution < 1.29 is 24.5 Å². The van der Waals surface area contributed by atoms with Gasteiger partial charge < -0.3 is 20.3 Å². The minimum atomic E-state index is -0.843. The standard InChI is InChI=1S/C74H139NO5/c1-3-5-7-9-11-13-15-16-17-37-40-43-47-50-54-58-62-66-72(77)71(70-76)75-73(78)67-63-59-55-51-48-44-41-38-35-33-31-29-27-25-23-21-19-18-20-22-24-26-28-30-32-34-36-39-42-45-49-53-57-61-65-69-80-74(79)68-64-60-56-52-46-14-12-10-8-6-4-2/h10,12,20,22,26,28,62,66,71-72,76-77H,3-9,11,13-19,21,23-25,27,29-61,63-65,67-70H2,1-2H3,(H,75,78)/b12-10-,22-20-,28-26-,66-62+. The van der Waals surface area contributed by atoms with Crippen molar-refractivity contribution in [1.29, 1.82) is 0 Å². The summed E-state index contributed by atoms with van der Waals surface area (Å²) in [6.45, 7) is 4.89. The first-order valence-corrected chi connectivity index (χ1v) is 35.9. The summed E-state index contributed by atoms with van der Waals surface area (Å²) in [5.41, 5.74) is 0. The Morgan fingerprint density at radius 3 is 1.00 bits per heavy atom. The summed E-state index contributed by atoms with van der Waals surface area (Å²) >= 11 is 0. The average molecular weight is 1120 g/mol. The molecule has 80 heavy (non-hydrogen) atoms. The summed E-state index contributed by atoms with van der Waals surface area (Å²) in [4.78, 5) is 24.5. The molecule has 0 radical (unpaired) electrons. The summed E-state index contributed by atoms with van der Waals surface area (Å²) in [7, 11) is 0. The van der Waals surface area contributed by atoms with Gasteiger partial charge in [-0.05, 0) is 83.5 Å². The molecule has 0 aromatic rings. The predicted octanol–water partition coefficient (Wildman–Crippen LogP) is 23.3. The number of hydrogen-bond acceptors (Lipinski definition) is 5. The van der Waals surface area contributed by atoms with Crippen LogP contribution in [0.25, 0.3) is 0 Å². The molecule has 470 valence electrons. The highest BCUT2D eigenvalue weighted by atomic mass is 16.5. The van der Waals surface area contributed by atoms with Crippen LogP contribution in [0.15, 0.2) is 48.6 Å². The molecule has 2 atom stereocenters. The number of ether oxygens (including phenoxy) is 1. The van der Waals surface area contributed by atoms with E-state index < -0.39 is 12.1 Å². The number of aliphatic hydroxyl groups is 2. The van der Waals surface area contributed by atoms with Crippen LogP contribution < -0.4 is 5.32 Å². The topological polar surface area (TPSA) is 95.9 Å². The van der Waals surface area contributed by atoms with E-state index in [-0.39, 0.29) is 18.5 Å². The number of carbonyl (C=O) groups is 2. The first-order chi connectivity index (χ1) is 39.5. The largest absolute Gasteiger partial charge is 0.466 e. The summed E-state index contributed by atoms with van der Waals surface area (Å²) in [6, 6.07) is -0.627. The second kappa shape index (κ2) is 69.3. The number of hydrogen-bond donors (Lipinski definition) is 3. The van der Waals surface area contributed by atoms with Crippen molar-refractivity contribution in [3.05, 3.63) is 48.6 Å². The first-order valence-electron chi connectivity index (χ1n) is 35.9. The fourth-order valence-electron chi connectivity index (χ4n) is 11.1. The lowest BCUT2D eigenvalue weighted by molar-refractivity contribution is -0.143. The lowest BCUT2D eigenvalue weighted by Crippen LogP contribution is -2.45. The molecule has 0 aromatic carbocycles. The Morgan fingerprint density at radius 2 is 0.637 bits per heavy atom. The molecule has 0 aliphatic rings. The number of aliphatic hydroxyl groups excluding tert-OH is 2. The van der Waals surface area contributed by atoms with Crippen LogP contribution in [-0.2, 0) is 14.3 Å². The maximum Gasteiger partial charge on any atom is 0.305 e. The van der Waals surface area contributed by atoms with Crippen molar-refractivity contribution in [2.45, 2.75) is 398 Å². The van der Waals surface area contributed by atoms with Crippen LogP contribution in [-0.4, -0.2) is 47.4 Å². The first kappa shape index (κ1) is 77.8. The lowest BCUT2D eigenvalue weighted by atomic mass is 10.0. The molecule has 6 nitrogen and oxygen atoms in total. The van der Waals surface area contributed by atoms with Crippen LogP contribution >= 0.6 is 0 Å². The van der Waals surface area contributed by atoms with Crippen molar-refractivity contribution in [3.63, 3.8) is 0 Å². The van der Waals surface area contributed by atoms with Gasteiger partial charge in [0.25, 0.3) is 0 Å². The zero-order valence-corrected chi connectivity index (χ0v) is 53.8. The SMILES string of the molecule is CCCC/C=C\CCCCCCCC(=O)OCCCCCCCCCCCCC/C=C\C/C=C\CCCCCCCCCCCCCCCCCCCC(=O)NC(CO)C(O)/C=C/CCCCCCCCCCCCCCCCC. The van der Waals surface area contributed by atoms with Crippen molar-refractivity contribution in [2.75, 3.05) is 13.2 Å². The molecule has 0 spiro atoms. The van der Waals surface area contributed by atoms with E-state index in [1.54, 1.807) is 6.08 Å². The highest BCUT2D eigenvalue weighted by molar-refractivity contribution is 5.76. The van der Waals surface area contributed by atoms with Gasteiger partial charge in [-0.2, -0.15) is 0 Å². The van der Waals surface area contributed by atoms with Crippen molar-refractivity contribution in [2.24, 2.45) is 0 Å². The summed E-state index contributed by atoms with van der Waals surface area (Å²) in [5, 5.41) is 23.2. The summed E-state index contributed by atoms with van der Waals surface area (Å²) in [6.07, 6.45) is 90.6. The second-order valence-corrected chi connectivity index (χ2v) is 24.6. The molecule has 0 heterocycles. The molecular formula is C74H139NO5. The number of allylic oxidation sites excluding steroid dienone is 7. The van der Waals surface area contributed by atoms with Gasteiger partial charge in [-0.15, -0.1) is 0 Å². The second-order valence-electron chi connectivity index (χ2n) is 24.6. The molecule has 0 fully saturated rings. The average Bonchev–Trinajstić information content (AvgIpc) is 3.46. The van der Waals surface area contributed by atoms with Gasteiger partial charge in [0.1, 0.15) is 0 Å². The van der Waals surface area contributed by atoms with Crippen molar-refractivity contribution in [1.82, 2.24) is 5.32 Å². The molecule has 0 aliphatic carbocycles. The molecule has 3 N–H and O–H groups in total. The molecule has 1 amide bonds. The van der Waals surface area contributed by atoms with Gasteiger partial charge in [0.2, 0.25) is 5.91 Å². The maximum atomic E-state index is 12.5. The van der Waals surface area contributed by atoms with Crippen molar-refractivity contribution in [3.8, 4) is 0 Å². The number of esters is 1. The van der Waals surface area contributed by atoms with Gasteiger partial charge in [0.15, 0.2) is 0 Å². The van der Waals surface area contributed by atoms with Gasteiger partial charge in [0, 0.05) is 12.8 Å². The van der Waals surface area contributed by atoms with Gasteiger partial charge in [-0.3, -0.25) is 9.59 Å². The molecular weight excluding hydrogens is 983 g/mol. The Kier molecular flexibility index (Phi) is 67.4. The molecule has 0 bridgehead atoms. The predicted molar refractivity (Wildman–Crippen MR) is 352 cm³/mol. The molecule has 0 aromatic heterocycles. The van der Waals surface area contributed by atoms with E-state index in [1.807, 2.05) is 6.08 Å². The summed E-state index contributed by atoms with van der Waals surface area (Å²) in [5.74, 6) is -0.0577. The highest BCUT2D eigenvalue weighted by Crippen LogP contribution is 2.18. The number of carbonyl (C=O) groups excluding carboxylic acids is 2. The normalized spacial score (nSPS) is 12.8. The minimum Gasteiger partial charge on any atom is -0.466 e. The van der Waals surface area contributed by atoms with Crippen LogP contribution in [0.1, 0.15) is 386 Å². The minimum absolute atomic E-state index is 0.00540. The Bertz CT molecular complexity index is 1340. The monoisotopic (exact) mass is 1120 g/mol. The van der Waals surface area contributed by atoms with Crippen LogP contribution in [0.5, 0.6) is 0 Å². The van der Waals surface area contributed by atoms with Crippen molar-refractivity contribution >= 4 is 11.9 Å². The van der Waals surface area contributed by atoms with Gasteiger partial charge >= 0.3 is 5.97 Å². The Balaban J connectivity index is 3.40. The molecule has 0 saturated carbocycles. The number of unbranched alkanes of at least 4 members (excludes halogenated alkanes) is 50. The Hall–Kier alpha value is -2.18. The van der Waals surface area contributed by atoms with Crippen LogP contribution in [0.3, 0.4) is 0 Å².